The average molecular weight is 491 g/mol. The Labute approximate surface area is 228 Å². The van der Waals surface area contributed by atoms with Crippen LogP contribution in [0.2, 0.25) is 0 Å². The van der Waals surface area contributed by atoms with Crippen LogP contribution in [0.5, 0.6) is 0 Å². The maximum absolute atomic E-state index is 8.67. The van der Waals surface area contributed by atoms with E-state index in [2.05, 4.69) is 76.6 Å². The smallest absolute Gasteiger partial charge is 0.0645 e. The van der Waals surface area contributed by atoms with Crippen molar-refractivity contribution >= 4 is 33.2 Å². The van der Waals surface area contributed by atoms with Crippen LogP contribution in [0.3, 0.4) is 0 Å². The molecule has 1 heterocycles. The van der Waals surface area contributed by atoms with Crippen LogP contribution in [0, 0.1) is 0 Å². The Morgan fingerprint density at radius 1 is 0.447 bits per heavy atom. The van der Waals surface area contributed by atoms with Crippen molar-refractivity contribution in [3.05, 3.63) is 152 Å². The van der Waals surface area contributed by atoms with Gasteiger partial charge >= 0.3 is 0 Å². The summed E-state index contributed by atoms with van der Waals surface area (Å²) in [6.07, 6.45) is 0. The normalized spacial score (nSPS) is 12.6. The molecule has 0 fully saturated rings. The van der Waals surface area contributed by atoms with E-state index in [0.29, 0.717) is 16.8 Å². The highest BCUT2D eigenvalue weighted by Crippen LogP contribution is 2.35. The highest BCUT2D eigenvalue weighted by atomic mass is 15.0. The molecule has 0 atom stereocenters. The molecule has 0 bridgehead atoms. The fourth-order valence-electron chi connectivity index (χ4n) is 5.05. The lowest BCUT2D eigenvalue weighted by Gasteiger charge is -2.11. The Hall–Kier alpha value is -5.08. The minimum atomic E-state index is -0.101. The molecule has 7 aromatic rings. The number of anilines is 2. The number of aromatic nitrogens is 1. The summed E-state index contributed by atoms with van der Waals surface area (Å²) in [5, 5.41) is 5.51. The molecule has 2 nitrogen and oxygen atoms in total. The molecule has 2 heteroatoms. The lowest BCUT2D eigenvalue weighted by Crippen LogP contribution is -1.93. The molecule has 7 rings (SSSR count). The van der Waals surface area contributed by atoms with E-state index in [1.165, 1.54) is 5.39 Å². The number of nitrogens with zero attached hydrogens (tertiary/aromatic N) is 1. The maximum Gasteiger partial charge on any atom is 0.0645 e. The summed E-state index contributed by atoms with van der Waals surface area (Å²) < 4.78 is 36.9. The Kier molecular flexibility index (Phi) is 4.51. The van der Waals surface area contributed by atoms with Gasteiger partial charge in [0.05, 0.1) is 16.5 Å². The predicted molar refractivity (Wildman–Crippen MR) is 161 cm³/mol. The number of rotatable bonds is 5. The van der Waals surface area contributed by atoms with Crippen LogP contribution in [-0.4, -0.2) is 4.57 Å². The van der Waals surface area contributed by atoms with Crippen LogP contribution in [-0.2, 0) is 0 Å². The van der Waals surface area contributed by atoms with Gasteiger partial charge in [-0.1, -0.05) is 97.0 Å². The fourth-order valence-corrected chi connectivity index (χ4v) is 5.05. The van der Waals surface area contributed by atoms with E-state index in [1.807, 2.05) is 48.5 Å². The summed E-state index contributed by atoms with van der Waals surface area (Å²) in [6, 6.07) is 41.9. The molecule has 0 aliphatic rings. The zero-order chi connectivity index (χ0) is 28.8. The van der Waals surface area contributed by atoms with Gasteiger partial charge in [-0.25, -0.2) is 0 Å². The van der Waals surface area contributed by atoms with Crippen molar-refractivity contribution in [2.24, 2.45) is 0 Å². The van der Waals surface area contributed by atoms with Gasteiger partial charge in [0.15, 0.2) is 0 Å². The van der Waals surface area contributed by atoms with Crippen molar-refractivity contribution in [1.29, 1.82) is 0 Å². The van der Waals surface area contributed by atoms with Crippen LogP contribution >= 0.6 is 0 Å². The maximum atomic E-state index is 8.67. The predicted octanol–water partition coefficient (Wildman–Crippen LogP) is 9.86. The fraction of sp³-hybridized carbons (Fsp3) is 0. The van der Waals surface area contributed by atoms with Gasteiger partial charge in [-0.2, -0.15) is 0 Å². The second-order valence-electron chi connectivity index (χ2n) is 9.24. The molecule has 6 aromatic carbocycles. The molecule has 0 aliphatic heterocycles. The lowest BCUT2D eigenvalue weighted by molar-refractivity contribution is 1.18. The van der Waals surface area contributed by atoms with Gasteiger partial charge in [0.25, 0.3) is 0 Å². The Balaban J connectivity index is 1.29. The van der Waals surface area contributed by atoms with Gasteiger partial charge in [-0.15, -0.1) is 0 Å². The lowest BCUT2D eigenvalue weighted by atomic mass is 10.0. The highest BCUT2D eigenvalue weighted by Gasteiger charge is 2.13. The van der Waals surface area contributed by atoms with Crippen LogP contribution in [0.15, 0.2) is 152 Å². The molecular weight excluding hydrogens is 460 g/mol. The molecule has 1 N–H and O–H groups in total. The van der Waals surface area contributed by atoms with E-state index >= 15 is 0 Å². The third-order valence-electron chi connectivity index (χ3n) is 6.84. The van der Waals surface area contributed by atoms with Crippen molar-refractivity contribution in [1.82, 2.24) is 4.57 Å². The van der Waals surface area contributed by atoms with E-state index in [0.717, 1.165) is 33.2 Å². The van der Waals surface area contributed by atoms with Crippen LogP contribution in [0.1, 0.15) is 5.48 Å². The second kappa shape index (κ2) is 9.42. The summed E-state index contributed by atoms with van der Waals surface area (Å²) in [7, 11) is 0. The number of hydrogen-bond donors (Lipinski definition) is 1. The third kappa shape index (κ3) is 4.03. The molecule has 0 radical (unpaired) electrons. The average Bonchev–Trinajstić information content (AvgIpc) is 3.37. The zero-order valence-electron chi connectivity index (χ0n) is 24.6. The first-order valence-corrected chi connectivity index (χ1v) is 12.6. The molecular formula is C36H26N2. The first-order valence-electron chi connectivity index (χ1n) is 14.6. The van der Waals surface area contributed by atoms with E-state index in [1.54, 1.807) is 12.1 Å². The largest absolute Gasteiger partial charge is 0.356 e. The summed E-state index contributed by atoms with van der Waals surface area (Å²) in [5.74, 6) is 0. The first-order chi connectivity index (χ1) is 20.5. The Morgan fingerprint density at radius 2 is 1.11 bits per heavy atom. The van der Waals surface area contributed by atoms with Crippen LogP contribution < -0.4 is 5.32 Å². The van der Waals surface area contributed by atoms with Gasteiger partial charge in [-0.05, 0) is 76.8 Å². The van der Waals surface area contributed by atoms with Crippen molar-refractivity contribution in [2.75, 3.05) is 5.32 Å². The number of nitrogens with one attached hydrogen (secondary N) is 1. The molecule has 1 aromatic heterocycles. The molecule has 0 amide bonds. The van der Waals surface area contributed by atoms with Crippen molar-refractivity contribution in [3.8, 4) is 27.9 Å². The van der Waals surface area contributed by atoms with E-state index < -0.39 is 0 Å². The number of hydrogen-bond acceptors (Lipinski definition) is 1. The first kappa shape index (κ1) is 18.2. The molecule has 0 aliphatic carbocycles. The topological polar surface area (TPSA) is 17.0 Å². The molecule has 0 saturated carbocycles. The Bertz CT molecular complexity index is 2070. The summed E-state index contributed by atoms with van der Waals surface area (Å²) in [4.78, 5) is 0. The van der Waals surface area contributed by atoms with Gasteiger partial charge < -0.3 is 9.88 Å². The SMILES string of the molecule is [2H]c1c([2H])c(-c2ccccc2)c([2H])c([2H])c1Nc1cccc(-c2ccc3c(c2)c2ccccc2n3-c2ccccc2)c1. The molecule has 180 valence electrons. The summed E-state index contributed by atoms with van der Waals surface area (Å²) in [5.41, 5.74) is 7.21. The molecule has 0 saturated heterocycles. The van der Waals surface area contributed by atoms with Gasteiger partial charge in [0.1, 0.15) is 0 Å². The van der Waals surface area contributed by atoms with E-state index in [4.69, 9.17) is 5.48 Å². The van der Waals surface area contributed by atoms with Crippen LogP contribution in [0.25, 0.3) is 49.7 Å². The molecule has 0 spiro atoms. The zero-order valence-corrected chi connectivity index (χ0v) is 20.6. The Morgan fingerprint density at radius 3 is 1.92 bits per heavy atom. The van der Waals surface area contributed by atoms with Gasteiger partial charge in [0, 0.05) is 27.8 Å². The highest BCUT2D eigenvalue weighted by molar-refractivity contribution is 6.10. The number of fused-ring (bicyclic) bond motifs is 3. The minimum Gasteiger partial charge on any atom is -0.356 e. The second-order valence-corrected chi connectivity index (χ2v) is 9.24. The monoisotopic (exact) mass is 490 g/mol. The van der Waals surface area contributed by atoms with Crippen molar-refractivity contribution in [2.45, 2.75) is 0 Å². The third-order valence-corrected chi connectivity index (χ3v) is 6.84. The standard InChI is InChI=1S/C36H26N2/c1-3-10-26(11-4-1)27-18-21-30(22-19-27)37-31-13-9-12-28(24-31)29-20-23-36-34(25-29)33-16-7-8-17-35(33)38(36)32-14-5-2-6-15-32/h1-25,37H/i18D,19D,21D,22D. The van der Waals surface area contributed by atoms with E-state index in [-0.39, 0.29) is 29.9 Å². The van der Waals surface area contributed by atoms with Crippen molar-refractivity contribution in [3.63, 3.8) is 0 Å². The number of para-hydroxylation sites is 2. The molecule has 0 unspecified atom stereocenters. The quantitative estimate of drug-likeness (QED) is 0.254. The number of benzene rings is 6. The van der Waals surface area contributed by atoms with Gasteiger partial charge in [0.2, 0.25) is 0 Å². The van der Waals surface area contributed by atoms with E-state index in [9.17, 15) is 0 Å². The molecule has 38 heavy (non-hydrogen) atoms. The van der Waals surface area contributed by atoms with Crippen molar-refractivity contribution < 1.29 is 5.48 Å². The minimum absolute atomic E-state index is 0.0684. The van der Waals surface area contributed by atoms with Gasteiger partial charge in [-0.3, -0.25) is 0 Å². The summed E-state index contributed by atoms with van der Waals surface area (Å²) in [6.45, 7) is 0. The summed E-state index contributed by atoms with van der Waals surface area (Å²) >= 11 is 0. The van der Waals surface area contributed by atoms with Crippen LogP contribution in [0.4, 0.5) is 11.4 Å².